The van der Waals surface area contributed by atoms with Crippen molar-refractivity contribution in [3.8, 4) is 0 Å². The van der Waals surface area contributed by atoms with E-state index in [0.29, 0.717) is 17.9 Å². The minimum absolute atomic E-state index is 0.440. The number of rotatable bonds is 7. The SMILES string of the molecule is CCNC(Cc1ncnn1CC(C)C)C1CCCOC1. The molecule has 5 nitrogen and oxygen atoms in total. The second-order valence-electron chi connectivity index (χ2n) is 6.10. The molecule has 2 rings (SSSR count). The summed E-state index contributed by atoms with van der Waals surface area (Å²) in [5.41, 5.74) is 0. The smallest absolute Gasteiger partial charge is 0.138 e. The molecule has 1 aliphatic rings. The zero-order chi connectivity index (χ0) is 14.4. The van der Waals surface area contributed by atoms with Gasteiger partial charge in [0.25, 0.3) is 0 Å². The van der Waals surface area contributed by atoms with Gasteiger partial charge in [-0.2, -0.15) is 5.10 Å². The minimum Gasteiger partial charge on any atom is -0.381 e. The third-order valence-corrected chi connectivity index (χ3v) is 3.87. The van der Waals surface area contributed by atoms with Crippen molar-refractivity contribution < 1.29 is 4.74 Å². The van der Waals surface area contributed by atoms with Crippen molar-refractivity contribution >= 4 is 0 Å². The molecule has 0 aliphatic carbocycles. The summed E-state index contributed by atoms with van der Waals surface area (Å²) in [6.07, 6.45) is 5.04. The zero-order valence-corrected chi connectivity index (χ0v) is 13.0. The number of hydrogen-bond acceptors (Lipinski definition) is 4. The van der Waals surface area contributed by atoms with Gasteiger partial charge in [0.1, 0.15) is 12.2 Å². The predicted octanol–water partition coefficient (Wildman–Crippen LogP) is 1.88. The van der Waals surface area contributed by atoms with Crippen LogP contribution >= 0.6 is 0 Å². The van der Waals surface area contributed by atoms with Crippen LogP contribution in [0.5, 0.6) is 0 Å². The molecule has 1 saturated heterocycles. The third kappa shape index (κ3) is 4.28. The molecule has 1 aromatic rings. The van der Waals surface area contributed by atoms with Gasteiger partial charge >= 0.3 is 0 Å². The van der Waals surface area contributed by atoms with Gasteiger partial charge in [0.15, 0.2) is 0 Å². The van der Waals surface area contributed by atoms with Crippen molar-refractivity contribution in [1.29, 1.82) is 0 Å². The molecule has 2 unspecified atom stereocenters. The third-order valence-electron chi connectivity index (χ3n) is 3.87. The fourth-order valence-corrected chi connectivity index (χ4v) is 2.89. The molecule has 1 fully saturated rings. The van der Waals surface area contributed by atoms with Crippen molar-refractivity contribution in [3.63, 3.8) is 0 Å². The maximum atomic E-state index is 5.64. The first-order valence-corrected chi connectivity index (χ1v) is 7.88. The van der Waals surface area contributed by atoms with E-state index in [0.717, 1.165) is 38.5 Å². The minimum atomic E-state index is 0.440. The van der Waals surface area contributed by atoms with E-state index < -0.39 is 0 Å². The Morgan fingerprint density at radius 3 is 3.00 bits per heavy atom. The fourth-order valence-electron chi connectivity index (χ4n) is 2.89. The summed E-state index contributed by atoms with van der Waals surface area (Å²) in [6.45, 7) is 10.3. The van der Waals surface area contributed by atoms with Crippen LogP contribution in [0.1, 0.15) is 39.4 Å². The van der Waals surface area contributed by atoms with Gasteiger partial charge in [-0.1, -0.05) is 20.8 Å². The number of aromatic nitrogens is 3. The van der Waals surface area contributed by atoms with E-state index in [1.807, 2.05) is 0 Å². The normalized spacial score (nSPS) is 21.3. The molecule has 0 aromatic carbocycles. The average molecular weight is 280 g/mol. The topological polar surface area (TPSA) is 52.0 Å². The van der Waals surface area contributed by atoms with Gasteiger partial charge in [0.2, 0.25) is 0 Å². The van der Waals surface area contributed by atoms with E-state index in [1.165, 1.54) is 12.8 Å². The highest BCUT2D eigenvalue weighted by Crippen LogP contribution is 2.20. The first-order chi connectivity index (χ1) is 9.70. The van der Waals surface area contributed by atoms with Crippen LogP contribution in [0.2, 0.25) is 0 Å². The maximum Gasteiger partial charge on any atom is 0.138 e. The lowest BCUT2D eigenvalue weighted by Crippen LogP contribution is -2.42. The Bertz CT molecular complexity index is 385. The zero-order valence-electron chi connectivity index (χ0n) is 13.0. The Morgan fingerprint density at radius 1 is 1.50 bits per heavy atom. The highest BCUT2D eigenvalue weighted by molar-refractivity contribution is 4.93. The molecule has 114 valence electrons. The number of nitrogens with one attached hydrogen (secondary N) is 1. The molecular weight excluding hydrogens is 252 g/mol. The predicted molar refractivity (Wildman–Crippen MR) is 79.6 cm³/mol. The average Bonchev–Trinajstić information content (AvgIpc) is 2.86. The van der Waals surface area contributed by atoms with Crippen LogP contribution in [-0.4, -0.2) is 40.6 Å². The van der Waals surface area contributed by atoms with E-state index in [9.17, 15) is 0 Å². The van der Waals surface area contributed by atoms with Crippen LogP contribution in [0.25, 0.3) is 0 Å². The van der Waals surface area contributed by atoms with Crippen LogP contribution in [0.15, 0.2) is 6.33 Å². The molecule has 20 heavy (non-hydrogen) atoms. The fraction of sp³-hybridized carbons (Fsp3) is 0.867. The van der Waals surface area contributed by atoms with Crippen LogP contribution in [0.3, 0.4) is 0 Å². The number of likely N-dealkylation sites (N-methyl/N-ethyl adjacent to an activating group) is 1. The Labute approximate surface area is 122 Å². The molecular formula is C15H28N4O. The van der Waals surface area contributed by atoms with Crippen molar-refractivity contribution in [3.05, 3.63) is 12.2 Å². The maximum absolute atomic E-state index is 5.64. The Hall–Kier alpha value is -0.940. The molecule has 1 aromatic heterocycles. The van der Waals surface area contributed by atoms with E-state index >= 15 is 0 Å². The molecule has 0 spiro atoms. The van der Waals surface area contributed by atoms with Crippen molar-refractivity contribution in [2.75, 3.05) is 19.8 Å². The highest BCUT2D eigenvalue weighted by Gasteiger charge is 2.25. The summed E-state index contributed by atoms with van der Waals surface area (Å²) in [6, 6.07) is 0.440. The molecule has 0 saturated carbocycles. The van der Waals surface area contributed by atoms with Crippen LogP contribution in [0.4, 0.5) is 0 Å². The summed E-state index contributed by atoms with van der Waals surface area (Å²) in [5, 5.41) is 7.97. The molecule has 0 amide bonds. The molecule has 0 bridgehead atoms. The van der Waals surface area contributed by atoms with Gasteiger partial charge in [0.05, 0.1) is 6.61 Å². The molecule has 2 atom stereocenters. The lowest BCUT2D eigenvalue weighted by atomic mass is 9.91. The second-order valence-corrected chi connectivity index (χ2v) is 6.10. The monoisotopic (exact) mass is 280 g/mol. The standard InChI is InChI=1S/C15H28N4O/c1-4-16-14(13-6-5-7-20-10-13)8-15-17-11-18-19(15)9-12(2)3/h11-14,16H,4-10H2,1-3H3. The Morgan fingerprint density at radius 2 is 2.35 bits per heavy atom. The molecule has 0 radical (unpaired) electrons. The quantitative estimate of drug-likeness (QED) is 0.828. The summed E-state index contributed by atoms with van der Waals surface area (Å²) < 4.78 is 7.69. The first kappa shape index (κ1) is 15.4. The van der Waals surface area contributed by atoms with Gasteiger partial charge in [-0.15, -0.1) is 0 Å². The van der Waals surface area contributed by atoms with Gasteiger partial charge < -0.3 is 10.1 Å². The highest BCUT2D eigenvalue weighted by atomic mass is 16.5. The van der Waals surface area contributed by atoms with E-state index in [2.05, 4.69) is 40.9 Å². The van der Waals surface area contributed by atoms with Crippen molar-refractivity contribution in [2.24, 2.45) is 11.8 Å². The summed E-state index contributed by atoms with van der Waals surface area (Å²) in [5.74, 6) is 2.27. The van der Waals surface area contributed by atoms with Gasteiger partial charge in [-0.25, -0.2) is 9.67 Å². The van der Waals surface area contributed by atoms with Crippen molar-refractivity contribution in [1.82, 2.24) is 20.1 Å². The molecule has 2 heterocycles. The lowest BCUT2D eigenvalue weighted by Gasteiger charge is -2.30. The van der Waals surface area contributed by atoms with Crippen LogP contribution in [0, 0.1) is 11.8 Å². The van der Waals surface area contributed by atoms with E-state index in [1.54, 1.807) is 6.33 Å². The molecule has 1 N–H and O–H groups in total. The lowest BCUT2D eigenvalue weighted by molar-refractivity contribution is 0.0391. The van der Waals surface area contributed by atoms with Gasteiger partial charge in [-0.3, -0.25) is 0 Å². The van der Waals surface area contributed by atoms with Gasteiger partial charge in [0, 0.05) is 25.6 Å². The first-order valence-electron chi connectivity index (χ1n) is 7.88. The van der Waals surface area contributed by atoms with E-state index in [-0.39, 0.29) is 0 Å². The summed E-state index contributed by atoms with van der Waals surface area (Å²) in [7, 11) is 0. The molecule has 1 aliphatic heterocycles. The summed E-state index contributed by atoms with van der Waals surface area (Å²) in [4.78, 5) is 4.46. The largest absolute Gasteiger partial charge is 0.381 e. The molecule has 5 heteroatoms. The Kier molecular flexibility index (Phi) is 5.98. The van der Waals surface area contributed by atoms with Crippen molar-refractivity contribution in [2.45, 2.75) is 52.6 Å². The Balaban J connectivity index is 2.01. The van der Waals surface area contributed by atoms with E-state index in [4.69, 9.17) is 4.74 Å². The number of hydrogen-bond donors (Lipinski definition) is 1. The number of nitrogens with zero attached hydrogens (tertiary/aromatic N) is 3. The second kappa shape index (κ2) is 7.74. The van der Waals surface area contributed by atoms with Crippen LogP contribution < -0.4 is 5.32 Å². The number of ether oxygens (including phenoxy) is 1. The summed E-state index contributed by atoms with van der Waals surface area (Å²) >= 11 is 0. The van der Waals surface area contributed by atoms with Gasteiger partial charge in [-0.05, 0) is 31.2 Å². The van der Waals surface area contributed by atoms with Crippen LogP contribution in [-0.2, 0) is 17.7 Å².